The Hall–Kier alpha value is -1.73. The van der Waals surface area contributed by atoms with E-state index in [9.17, 15) is 0 Å². The van der Waals surface area contributed by atoms with Crippen LogP contribution in [0.3, 0.4) is 0 Å². The molecule has 0 saturated heterocycles. The van der Waals surface area contributed by atoms with E-state index in [-0.39, 0.29) is 0 Å². The van der Waals surface area contributed by atoms with Crippen LogP contribution in [0.2, 0.25) is 10.0 Å². The van der Waals surface area contributed by atoms with Gasteiger partial charge < -0.3 is 10.6 Å². The monoisotopic (exact) mass is 394 g/mol. The van der Waals surface area contributed by atoms with E-state index < -0.39 is 0 Å². The Bertz CT molecular complexity index is 853. The first-order valence-corrected chi connectivity index (χ1v) is 9.02. The third-order valence-electron chi connectivity index (χ3n) is 3.11. The molecular weight excluding hydrogens is 383 g/mol. The maximum absolute atomic E-state index is 6.14. The molecule has 0 aliphatic rings. The van der Waals surface area contributed by atoms with Crippen LogP contribution in [0.15, 0.2) is 48.0 Å². The van der Waals surface area contributed by atoms with Crippen molar-refractivity contribution >= 4 is 57.8 Å². The summed E-state index contributed by atoms with van der Waals surface area (Å²) in [5.41, 5.74) is 1.75. The number of hydrogen-bond acceptors (Lipinski definition) is 4. The van der Waals surface area contributed by atoms with Gasteiger partial charge in [0.1, 0.15) is 0 Å². The van der Waals surface area contributed by atoms with Crippen molar-refractivity contribution in [3.63, 3.8) is 0 Å². The average Bonchev–Trinajstić information content (AvgIpc) is 3.09. The predicted octanol–water partition coefficient (Wildman–Crippen LogP) is 5.00. The fourth-order valence-corrected chi connectivity index (χ4v) is 3.30. The largest absolute Gasteiger partial charge is 0.358 e. The molecule has 8 heteroatoms. The Kier molecular flexibility index (Phi) is 5.63. The first-order valence-electron chi connectivity index (χ1n) is 6.97. The van der Waals surface area contributed by atoms with Crippen LogP contribution >= 0.6 is 46.8 Å². The molecule has 2 heterocycles. The second-order valence-corrected chi connectivity index (χ2v) is 6.99. The number of benzene rings is 1. The van der Waals surface area contributed by atoms with Crippen molar-refractivity contribution in [3.05, 3.63) is 63.6 Å². The van der Waals surface area contributed by atoms with E-state index in [4.69, 9.17) is 35.4 Å². The van der Waals surface area contributed by atoms with Crippen molar-refractivity contribution in [2.45, 2.75) is 6.54 Å². The molecule has 0 amide bonds. The van der Waals surface area contributed by atoms with Crippen molar-refractivity contribution in [1.29, 1.82) is 0 Å². The standard InChI is InChI=1S/C16H12Cl2N4S2/c17-11-4-3-10(12(18)8-11)9-20-16(23)22-15-19-6-5-13(21-15)14-2-1-7-24-14/h1-8H,9H2,(H2,19,20,21,22,23). The van der Waals surface area contributed by atoms with Gasteiger partial charge in [-0.2, -0.15) is 0 Å². The Morgan fingerprint density at radius 1 is 1.21 bits per heavy atom. The minimum absolute atomic E-state index is 0.421. The maximum atomic E-state index is 6.14. The summed E-state index contributed by atoms with van der Waals surface area (Å²) in [6.07, 6.45) is 1.70. The van der Waals surface area contributed by atoms with E-state index in [1.54, 1.807) is 29.7 Å². The summed E-state index contributed by atoms with van der Waals surface area (Å²) in [7, 11) is 0. The molecule has 0 atom stereocenters. The normalized spacial score (nSPS) is 10.4. The number of rotatable bonds is 4. The van der Waals surface area contributed by atoms with Crippen molar-refractivity contribution in [3.8, 4) is 10.6 Å². The Morgan fingerprint density at radius 3 is 2.83 bits per heavy atom. The lowest BCUT2D eigenvalue weighted by Gasteiger charge is -2.11. The molecule has 3 rings (SSSR count). The molecule has 2 aromatic heterocycles. The second kappa shape index (κ2) is 7.90. The molecule has 4 nitrogen and oxygen atoms in total. The molecule has 0 unspecified atom stereocenters. The van der Waals surface area contributed by atoms with E-state index in [0.29, 0.717) is 27.7 Å². The van der Waals surface area contributed by atoms with Crippen LogP contribution in [0.1, 0.15) is 5.56 Å². The van der Waals surface area contributed by atoms with Gasteiger partial charge in [-0.15, -0.1) is 11.3 Å². The summed E-state index contributed by atoms with van der Waals surface area (Å²) >= 11 is 18.9. The van der Waals surface area contributed by atoms with E-state index >= 15 is 0 Å². The van der Waals surface area contributed by atoms with Crippen LogP contribution in [0.25, 0.3) is 10.6 Å². The summed E-state index contributed by atoms with van der Waals surface area (Å²) in [6.45, 7) is 0.479. The zero-order chi connectivity index (χ0) is 16.9. The molecule has 122 valence electrons. The number of hydrogen-bond donors (Lipinski definition) is 2. The molecule has 1 aromatic carbocycles. The molecule has 0 radical (unpaired) electrons. The topological polar surface area (TPSA) is 49.8 Å². The third-order valence-corrected chi connectivity index (χ3v) is 4.83. The highest BCUT2D eigenvalue weighted by Crippen LogP contribution is 2.23. The van der Waals surface area contributed by atoms with E-state index in [1.165, 1.54) is 0 Å². The van der Waals surface area contributed by atoms with Gasteiger partial charge in [-0.05, 0) is 47.4 Å². The number of nitrogens with zero attached hydrogens (tertiary/aromatic N) is 2. The highest BCUT2D eigenvalue weighted by atomic mass is 35.5. The van der Waals surface area contributed by atoms with Gasteiger partial charge in [-0.1, -0.05) is 35.3 Å². The molecule has 0 aliphatic carbocycles. The van der Waals surface area contributed by atoms with Crippen LogP contribution in [-0.4, -0.2) is 15.1 Å². The Labute approximate surface area is 158 Å². The lowest BCUT2D eigenvalue weighted by molar-refractivity contribution is 0.923. The van der Waals surface area contributed by atoms with Gasteiger partial charge >= 0.3 is 0 Å². The highest BCUT2D eigenvalue weighted by molar-refractivity contribution is 7.80. The first-order chi connectivity index (χ1) is 11.6. The maximum Gasteiger partial charge on any atom is 0.229 e. The second-order valence-electron chi connectivity index (χ2n) is 4.79. The van der Waals surface area contributed by atoms with Gasteiger partial charge in [-0.25, -0.2) is 9.97 Å². The number of aromatic nitrogens is 2. The SMILES string of the molecule is S=C(NCc1ccc(Cl)cc1Cl)Nc1nccc(-c2cccs2)n1. The van der Waals surface area contributed by atoms with E-state index in [1.807, 2.05) is 29.6 Å². The smallest absolute Gasteiger partial charge is 0.229 e. The molecule has 2 N–H and O–H groups in total. The summed E-state index contributed by atoms with van der Waals surface area (Å²) in [5, 5.41) is 9.68. The van der Waals surface area contributed by atoms with Crippen LogP contribution in [-0.2, 0) is 6.54 Å². The van der Waals surface area contributed by atoms with Crippen LogP contribution in [0.5, 0.6) is 0 Å². The minimum Gasteiger partial charge on any atom is -0.358 e. The zero-order valence-corrected chi connectivity index (χ0v) is 15.4. The van der Waals surface area contributed by atoms with Gasteiger partial charge in [0.15, 0.2) is 5.11 Å². The van der Waals surface area contributed by atoms with Crippen LogP contribution in [0, 0.1) is 0 Å². The fourth-order valence-electron chi connectivity index (χ4n) is 1.97. The molecule has 0 spiro atoms. The van der Waals surface area contributed by atoms with Crippen LogP contribution in [0.4, 0.5) is 5.95 Å². The van der Waals surface area contributed by atoms with Gasteiger partial charge in [-0.3, -0.25) is 0 Å². The third kappa shape index (κ3) is 4.42. The number of anilines is 1. The van der Waals surface area contributed by atoms with Crippen molar-refractivity contribution in [2.24, 2.45) is 0 Å². The molecule has 0 bridgehead atoms. The number of thiocarbonyl (C=S) groups is 1. The van der Waals surface area contributed by atoms with Crippen LogP contribution < -0.4 is 10.6 Å². The molecule has 0 fully saturated rings. The molecule has 3 aromatic rings. The van der Waals surface area contributed by atoms with Crippen molar-refractivity contribution < 1.29 is 0 Å². The minimum atomic E-state index is 0.421. The predicted molar refractivity (Wildman–Crippen MR) is 105 cm³/mol. The quantitative estimate of drug-likeness (QED) is 0.609. The van der Waals surface area contributed by atoms with E-state index in [0.717, 1.165) is 16.1 Å². The summed E-state index contributed by atoms with van der Waals surface area (Å²) < 4.78 is 0. The first kappa shape index (κ1) is 17.1. The number of halogens is 2. The van der Waals surface area contributed by atoms with Crippen molar-refractivity contribution in [1.82, 2.24) is 15.3 Å². The lowest BCUT2D eigenvalue weighted by Crippen LogP contribution is -2.28. The molecule has 24 heavy (non-hydrogen) atoms. The average molecular weight is 395 g/mol. The number of nitrogens with one attached hydrogen (secondary N) is 2. The Morgan fingerprint density at radius 2 is 2.08 bits per heavy atom. The highest BCUT2D eigenvalue weighted by Gasteiger charge is 2.06. The fraction of sp³-hybridized carbons (Fsp3) is 0.0625. The molecule has 0 aliphatic heterocycles. The van der Waals surface area contributed by atoms with Gasteiger partial charge in [0, 0.05) is 22.8 Å². The summed E-state index contributed by atoms with van der Waals surface area (Å²) in [5.74, 6) is 0.445. The molecule has 0 saturated carbocycles. The van der Waals surface area contributed by atoms with Gasteiger partial charge in [0.25, 0.3) is 0 Å². The van der Waals surface area contributed by atoms with Gasteiger partial charge in [0.05, 0.1) is 10.6 Å². The Balaban J connectivity index is 1.62. The van der Waals surface area contributed by atoms with Gasteiger partial charge in [0.2, 0.25) is 5.95 Å². The van der Waals surface area contributed by atoms with E-state index in [2.05, 4.69) is 20.6 Å². The zero-order valence-electron chi connectivity index (χ0n) is 12.3. The summed E-state index contributed by atoms with van der Waals surface area (Å²) in [6, 6.07) is 11.2. The van der Waals surface area contributed by atoms with Crippen molar-refractivity contribution in [2.75, 3.05) is 5.32 Å². The lowest BCUT2D eigenvalue weighted by atomic mass is 10.2. The summed E-state index contributed by atoms with van der Waals surface area (Å²) in [4.78, 5) is 9.72. The molecular formula is C16H12Cl2N4S2. The number of thiophene rings is 1.